The van der Waals surface area contributed by atoms with Crippen LogP contribution < -0.4 is 15.6 Å². The minimum Gasteiger partial charge on any atom is -0.497 e. The highest BCUT2D eigenvalue weighted by atomic mass is 16.5. The lowest BCUT2D eigenvalue weighted by atomic mass is 9.75. The van der Waals surface area contributed by atoms with Crippen LogP contribution in [0.1, 0.15) is 44.1 Å². The maximum Gasteiger partial charge on any atom is 0.241 e. The van der Waals surface area contributed by atoms with E-state index in [0.29, 0.717) is 18.5 Å². The highest BCUT2D eigenvalue weighted by Crippen LogP contribution is 2.36. The number of hydrazine groups is 1. The molecule has 1 aromatic rings. The minimum absolute atomic E-state index is 0.0936. The van der Waals surface area contributed by atoms with E-state index in [9.17, 15) is 9.90 Å². The first-order valence-electron chi connectivity index (χ1n) is 10.7. The molecule has 0 spiro atoms. The second kappa shape index (κ2) is 8.39. The molecule has 1 saturated carbocycles. The maximum absolute atomic E-state index is 13.3. The number of hydrogen-bond donors (Lipinski definition) is 3. The van der Waals surface area contributed by atoms with Crippen LogP contribution in [0.2, 0.25) is 0 Å². The fourth-order valence-corrected chi connectivity index (χ4v) is 5.42. The van der Waals surface area contributed by atoms with Gasteiger partial charge in [0, 0.05) is 30.5 Å². The third kappa shape index (κ3) is 3.91. The van der Waals surface area contributed by atoms with E-state index in [-0.39, 0.29) is 24.0 Å². The van der Waals surface area contributed by atoms with Crippen molar-refractivity contribution in [3.63, 3.8) is 0 Å². The number of ether oxygens (including phenoxy) is 1. The van der Waals surface area contributed by atoms with E-state index in [1.165, 1.54) is 12.8 Å². The zero-order chi connectivity index (χ0) is 19.6. The standard InChI is InChI=1S/C22H33N3O3/c1-28-17-7-4-6-16(12-17)13-22(15-26)10-5-11-25(14-22)21(27)20-18-8-2-3-9-19(18)23-24-20/h4,6-7,12,18-20,23-24,26H,2-3,5,8-11,13-15H2,1H3. The van der Waals surface area contributed by atoms with Crippen LogP contribution in [-0.2, 0) is 11.2 Å². The molecule has 6 heteroatoms. The van der Waals surface area contributed by atoms with Crippen LogP contribution in [0.4, 0.5) is 0 Å². The van der Waals surface area contributed by atoms with Crippen LogP contribution in [0, 0.1) is 11.3 Å². The zero-order valence-corrected chi connectivity index (χ0v) is 16.8. The highest BCUT2D eigenvalue weighted by molar-refractivity contribution is 5.83. The van der Waals surface area contributed by atoms with Gasteiger partial charge >= 0.3 is 0 Å². The number of nitrogens with zero attached hydrogens (tertiary/aromatic N) is 1. The van der Waals surface area contributed by atoms with Crippen LogP contribution in [0.5, 0.6) is 5.75 Å². The van der Waals surface area contributed by atoms with Crippen molar-refractivity contribution in [2.45, 2.75) is 57.0 Å². The number of hydrogen-bond acceptors (Lipinski definition) is 5. The monoisotopic (exact) mass is 387 g/mol. The highest BCUT2D eigenvalue weighted by Gasteiger charge is 2.45. The molecule has 1 aromatic carbocycles. The van der Waals surface area contributed by atoms with E-state index in [0.717, 1.165) is 50.0 Å². The molecule has 1 aliphatic carbocycles. The van der Waals surface area contributed by atoms with Gasteiger partial charge in [0.1, 0.15) is 11.8 Å². The van der Waals surface area contributed by atoms with Crippen LogP contribution in [-0.4, -0.2) is 54.8 Å². The Labute approximate surface area is 167 Å². The molecule has 0 radical (unpaired) electrons. The van der Waals surface area contributed by atoms with Crippen molar-refractivity contribution in [2.75, 3.05) is 26.8 Å². The average Bonchev–Trinajstić information content (AvgIpc) is 3.17. The molecular formula is C22H33N3O3. The molecule has 3 fully saturated rings. The van der Waals surface area contributed by atoms with E-state index in [1.807, 2.05) is 23.1 Å². The topological polar surface area (TPSA) is 73.8 Å². The van der Waals surface area contributed by atoms with E-state index in [2.05, 4.69) is 16.9 Å². The number of rotatable bonds is 5. The van der Waals surface area contributed by atoms with Gasteiger partial charge in [-0.15, -0.1) is 0 Å². The molecule has 2 saturated heterocycles. The van der Waals surface area contributed by atoms with Gasteiger partial charge in [0.25, 0.3) is 0 Å². The molecule has 0 bridgehead atoms. The van der Waals surface area contributed by atoms with Gasteiger partial charge in [-0.05, 0) is 49.8 Å². The molecule has 154 valence electrons. The van der Waals surface area contributed by atoms with E-state index < -0.39 is 0 Å². The Bertz CT molecular complexity index is 697. The van der Waals surface area contributed by atoms with Gasteiger partial charge in [-0.2, -0.15) is 0 Å². The molecule has 28 heavy (non-hydrogen) atoms. The lowest BCUT2D eigenvalue weighted by Gasteiger charge is -2.43. The lowest BCUT2D eigenvalue weighted by molar-refractivity contribution is -0.138. The predicted molar refractivity (Wildman–Crippen MR) is 108 cm³/mol. The number of carbonyl (C=O) groups is 1. The second-order valence-corrected chi connectivity index (χ2v) is 8.87. The summed E-state index contributed by atoms with van der Waals surface area (Å²) in [5, 5.41) is 10.3. The molecular weight excluding hydrogens is 354 g/mol. The van der Waals surface area contributed by atoms with Gasteiger partial charge in [0.05, 0.1) is 13.7 Å². The zero-order valence-electron chi connectivity index (χ0n) is 16.8. The molecule has 4 atom stereocenters. The molecule has 4 unspecified atom stereocenters. The van der Waals surface area contributed by atoms with Gasteiger partial charge in [0.15, 0.2) is 0 Å². The summed E-state index contributed by atoms with van der Waals surface area (Å²) in [6, 6.07) is 8.33. The van der Waals surface area contributed by atoms with E-state index >= 15 is 0 Å². The number of nitrogens with one attached hydrogen (secondary N) is 2. The first-order chi connectivity index (χ1) is 13.6. The first-order valence-corrected chi connectivity index (χ1v) is 10.7. The van der Waals surface area contributed by atoms with E-state index in [4.69, 9.17) is 4.74 Å². The maximum atomic E-state index is 13.3. The Balaban J connectivity index is 1.46. The number of carbonyl (C=O) groups excluding carboxylic acids is 1. The van der Waals surface area contributed by atoms with Crippen molar-refractivity contribution in [1.82, 2.24) is 15.8 Å². The first kappa shape index (κ1) is 19.7. The summed E-state index contributed by atoms with van der Waals surface area (Å²) in [5.74, 6) is 1.43. The molecule has 3 aliphatic rings. The number of aliphatic hydroxyl groups is 1. The van der Waals surface area contributed by atoms with Gasteiger partial charge in [-0.1, -0.05) is 25.0 Å². The van der Waals surface area contributed by atoms with Crippen LogP contribution >= 0.6 is 0 Å². The molecule has 4 rings (SSSR count). The lowest BCUT2D eigenvalue weighted by Crippen LogP contribution is -2.55. The number of amides is 1. The van der Waals surface area contributed by atoms with Gasteiger partial charge in [0.2, 0.25) is 5.91 Å². The Morgan fingerprint density at radius 2 is 2.14 bits per heavy atom. The fraction of sp³-hybridized carbons (Fsp3) is 0.682. The fourth-order valence-electron chi connectivity index (χ4n) is 5.42. The number of benzene rings is 1. The predicted octanol–water partition coefficient (Wildman–Crippen LogP) is 1.87. The quantitative estimate of drug-likeness (QED) is 0.719. The molecule has 2 aliphatic heterocycles. The molecule has 2 heterocycles. The van der Waals surface area contributed by atoms with Gasteiger partial charge in [-0.3, -0.25) is 10.2 Å². The minimum atomic E-state index is -0.279. The second-order valence-electron chi connectivity index (χ2n) is 8.87. The average molecular weight is 388 g/mol. The number of piperidine rings is 1. The molecule has 1 amide bonds. The number of likely N-dealkylation sites (tertiary alicyclic amines) is 1. The SMILES string of the molecule is COc1cccc(CC2(CO)CCCN(C(=O)C3NNC4CCCCC43)C2)c1. The van der Waals surface area contributed by atoms with Crippen molar-refractivity contribution >= 4 is 5.91 Å². The Kier molecular flexibility index (Phi) is 5.90. The summed E-state index contributed by atoms with van der Waals surface area (Å²) in [7, 11) is 1.67. The summed E-state index contributed by atoms with van der Waals surface area (Å²) in [5.41, 5.74) is 7.51. The Morgan fingerprint density at radius 3 is 2.96 bits per heavy atom. The largest absolute Gasteiger partial charge is 0.497 e. The third-order valence-corrected chi connectivity index (χ3v) is 6.96. The van der Waals surface area contributed by atoms with Crippen LogP contribution in [0.25, 0.3) is 0 Å². The van der Waals surface area contributed by atoms with Crippen LogP contribution in [0.3, 0.4) is 0 Å². The number of methoxy groups -OCH3 is 1. The Morgan fingerprint density at radius 1 is 1.29 bits per heavy atom. The summed E-state index contributed by atoms with van der Waals surface area (Å²) in [4.78, 5) is 15.3. The van der Waals surface area contributed by atoms with Crippen molar-refractivity contribution in [3.8, 4) is 5.75 Å². The molecule has 3 N–H and O–H groups in total. The molecule has 6 nitrogen and oxygen atoms in total. The normalized spacial score (nSPS) is 32.8. The Hall–Kier alpha value is -1.63. The van der Waals surface area contributed by atoms with Crippen LogP contribution in [0.15, 0.2) is 24.3 Å². The smallest absolute Gasteiger partial charge is 0.241 e. The molecule has 0 aromatic heterocycles. The number of aliphatic hydroxyl groups excluding tert-OH is 1. The van der Waals surface area contributed by atoms with Gasteiger partial charge in [-0.25, -0.2) is 5.43 Å². The summed E-state index contributed by atoms with van der Waals surface area (Å²) in [6.45, 7) is 1.50. The van der Waals surface area contributed by atoms with Crippen molar-refractivity contribution < 1.29 is 14.6 Å². The summed E-state index contributed by atoms with van der Waals surface area (Å²) >= 11 is 0. The number of fused-ring (bicyclic) bond motifs is 1. The van der Waals surface area contributed by atoms with Crippen molar-refractivity contribution in [3.05, 3.63) is 29.8 Å². The third-order valence-electron chi connectivity index (χ3n) is 6.96. The summed E-state index contributed by atoms with van der Waals surface area (Å²) in [6.07, 6.45) is 7.35. The van der Waals surface area contributed by atoms with Crippen molar-refractivity contribution in [2.24, 2.45) is 11.3 Å². The van der Waals surface area contributed by atoms with Gasteiger partial charge < -0.3 is 14.7 Å². The van der Waals surface area contributed by atoms with E-state index in [1.54, 1.807) is 7.11 Å². The summed E-state index contributed by atoms with van der Waals surface area (Å²) < 4.78 is 5.35. The van der Waals surface area contributed by atoms with Crippen molar-refractivity contribution in [1.29, 1.82) is 0 Å².